The van der Waals surface area contributed by atoms with Crippen molar-refractivity contribution in [3.63, 3.8) is 0 Å². The maximum atomic E-state index is 11.9. The predicted octanol–water partition coefficient (Wildman–Crippen LogP) is 2.57. The van der Waals surface area contributed by atoms with Crippen molar-refractivity contribution in [1.29, 1.82) is 0 Å². The van der Waals surface area contributed by atoms with Crippen molar-refractivity contribution in [2.24, 2.45) is 0 Å². The molecule has 21 heavy (non-hydrogen) atoms. The summed E-state index contributed by atoms with van der Waals surface area (Å²) >= 11 is 1.58. The molecule has 1 aromatic carbocycles. The van der Waals surface area contributed by atoms with Gasteiger partial charge in [0.25, 0.3) is 0 Å². The minimum absolute atomic E-state index is 0.216. The van der Waals surface area contributed by atoms with E-state index in [0.717, 1.165) is 4.88 Å². The molecule has 1 aromatic heterocycles. The molecule has 0 fully saturated rings. The third-order valence-corrected chi connectivity index (χ3v) is 3.67. The number of urea groups is 1. The second-order valence-electron chi connectivity index (χ2n) is 4.48. The van der Waals surface area contributed by atoms with Gasteiger partial charge in [0.15, 0.2) is 0 Å². The Kier molecular flexibility index (Phi) is 5.34. The lowest BCUT2D eigenvalue weighted by molar-refractivity contribution is -0.122. The zero-order valence-electron chi connectivity index (χ0n) is 11.6. The van der Waals surface area contributed by atoms with Gasteiger partial charge in [0.2, 0.25) is 5.91 Å². The smallest absolute Gasteiger partial charge is 0.319 e. The van der Waals surface area contributed by atoms with Crippen LogP contribution < -0.4 is 16.0 Å². The number of hydrogen-bond donors (Lipinski definition) is 3. The van der Waals surface area contributed by atoms with E-state index in [1.165, 1.54) is 0 Å². The summed E-state index contributed by atoms with van der Waals surface area (Å²) in [5.41, 5.74) is 0.682. The number of nitrogens with one attached hydrogen (secondary N) is 3. The number of carbonyl (C=O) groups excluding carboxylic acids is 2. The standard InChI is InChI=1S/C15H17N3O2S/c1-11(14(19)16-10-13-8-5-9-21-13)17-15(20)18-12-6-3-2-4-7-12/h2-9,11H,10H2,1H3,(H,16,19)(H2,17,18,20)/t11-/m1/s1. The predicted molar refractivity (Wildman–Crippen MR) is 84.2 cm³/mol. The Morgan fingerprint density at radius 2 is 1.90 bits per heavy atom. The molecule has 5 nitrogen and oxygen atoms in total. The fourth-order valence-electron chi connectivity index (χ4n) is 1.69. The van der Waals surface area contributed by atoms with Crippen LogP contribution in [0.5, 0.6) is 0 Å². The average molecular weight is 303 g/mol. The molecular formula is C15H17N3O2S. The zero-order valence-corrected chi connectivity index (χ0v) is 12.4. The number of benzene rings is 1. The van der Waals surface area contributed by atoms with Gasteiger partial charge in [-0.2, -0.15) is 0 Å². The molecule has 0 spiro atoms. The molecule has 3 amide bonds. The van der Waals surface area contributed by atoms with Gasteiger partial charge in [0.1, 0.15) is 6.04 Å². The van der Waals surface area contributed by atoms with E-state index < -0.39 is 12.1 Å². The van der Waals surface area contributed by atoms with Crippen molar-refractivity contribution in [1.82, 2.24) is 10.6 Å². The highest BCUT2D eigenvalue weighted by molar-refractivity contribution is 7.09. The van der Waals surface area contributed by atoms with E-state index in [1.54, 1.807) is 30.4 Å². The highest BCUT2D eigenvalue weighted by Crippen LogP contribution is 2.07. The van der Waals surface area contributed by atoms with E-state index in [4.69, 9.17) is 0 Å². The lowest BCUT2D eigenvalue weighted by atomic mass is 10.3. The van der Waals surface area contributed by atoms with Crippen LogP contribution in [0.15, 0.2) is 47.8 Å². The lowest BCUT2D eigenvalue weighted by Crippen LogP contribution is -2.46. The topological polar surface area (TPSA) is 70.2 Å². The van der Waals surface area contributed by atoms with Gasteiger partial charge >= 0.3 is 6.03 Å². The van der Waals surface area contributed by atoms with Gasteiger partial charge in [-0.3, -0.25) is 4.79 Å². The van der Waals surface area contributed by atoms with Crippen molar-refractivity contribution in [2.45, 2.75) is 19.5 Å². The van der Waals surface area contributed by atoms with E-state index in [-0.39, 0.29) is 5.91 Å². The minimum Gasteiger partial charge on any atom is -0.349 e. The Balaban J connectivity index is 1.76. The largest absolute Gasteiger partial charge is 0.349 e. The Labute approximate surface area is 127 Å². The number of anilines is 1. The number of rotatable bonds is 5. The normalized spacial score (nSPS) is 11.5. The molecule has 3 N–H and O–H groups in total. The Morgan fingerprint density at radius 1 is 1.14 bits per heavy atom. The highest BCUT2D eigenvalue weighted by Gasteiger charge is 2.15. The summed E-state index contributed by atoms with van der Waals surface area (Å²) in [7, 11) is 0. The molecule has 1 atom stereocenters. The summed E-state index contributed by atoms with van der Waals surface area (Å²) < 4.78 is 0. The third kappa shape index (κ3) is 4.92. The van der Waals surface area contributed by atoms with E-state index >= 15 is 0 Å². The number of thiophene rings is 1. The van der Waals surface area contributed by atoms with Gasteiger partial charge in [-0.15, -0.1) is 11.3 Å². The average Bonchev–Trinajstić information content (AvgIpc) is 2.98. The van der Waals surface area contributed by atoms with Crippen LogP contribution in [0, 0.1) is 0 Å². The van der Waals surface area contributed by atoms with E-state index in [2.05, 4.69) is 16.0 Å². The lowest BCUT2D eigenvalue weighted by Gasteiger charge is -2.14. The molecule has 0 aliphatic rings. The third-order valence-electron chi connectivity index (χ3n) is 2.79. The Morgan fingerprint density at radius 3 is 2.57 bits per heavy atom. The van der Waals surface area contributed by atoms with Crippen LogP contribution in [-0.2, 0) is 11.3 Å². The first-order valence-corrected chi connectivity index (χ1v) is 7.46. The summed E-state index contributed by atoms with van der Waals surface area (Å²) in [5, 5.41) is 10.0. The number of hydrogen-bond acceptors (Lipinski definition) is 3. The molecule has 6 heteroatoms. The maximum Gasteiger partial charge on any atom is 0.319 e. The molecule has 0 unspecified atom stereocenters. The molecular weight excluding hydrogens is 286 g/mol. The van der Waals surface area contributed by atoms with Crippen molar-refractivity contribution in [2.75, 3.05) is 5.32 Å². The van der Waals surface area contributed by atoms with Crippen molar-refractivity contribution in [3.05, 3.63) is 52.7 Å². The summed E-state index contributed by atoms with van der Waals surface area (Å²) in [5.74, 6) is -0.216. The van der Waals surface area contributed by atoms with Gasteiger partial charge in [0, 0.05) is 10.6 Å². The van der Waals surface area contributed by atoms with Crippen molar-refractivity contribution in [3.8, 4) is 0 Å². The molecule has 0 saturated heterocycles. The Hall–Kier alpha value is -2.34. The molecule has 0 bridgehead atoms. The van der Waals surface area contributed by atoms with Crippen LogP contribution in [0.1, 0.15) is 11.8 Å². The molecule has 1 heterocycles. The molecule has 0 saturated carbocycles. The number of amides is 3. The summed E-state index contributed by atoms with van der Waals surface area (Å²) in [6, 6.07) is 12.0. The van der Waals surface area contributed by atoms with Gasteiger partial charge < -0.3 is 16.0 Å². The van der Waals surface area contributed by atoms with Crippen molar-refractivity contribution >= 4 is 29.0 Å². The van der Waals surface area contributed by atoms with Crippen molar-refractivity contribution < 1.29 is 9.59 Å². The number of carbonyl (C=O) groups is 2. The van der Waals surface area contributed by atoms with Crippen LogP contribution in [0.4, 0.5) is 10.5 Å². The van der Waals surface area contributed by atoms with Crippen LogP contribution in [0.2, 0.25) is 0 Å². The quantitative estimate of drug-likeness (QED) is 0.794. The van der Waals surface area contributed by atoms with E-state index in [1.807, 2.05) is 35.7 Å². The zero-order chi connectivity index (χ0) is 15.1. The van der Waals surface area contributed by atoms with Gasteiger partial charge in [-0.05, 0) is 30.5 Å². The monoisotopic (exact) mass is 303 g/mol. The van der Waals surface area contributed by atoms with Gasteiger partial charge in [-0.25, -0.2) is 4.79 Å². The van der Waals surface area contributed by atoms with Crippen LogP contribution in [0.3, 0.4) is 0 Å². The van der Waals surface area contributed by atoms with Crippen LogP contribution in [-0.4, -0.2) is 18.0 Å². The van der Waals surface area contributed by atoms with Crippen LogP contribution in [0.25, 0.3) is 0 Å². The first kappa shape index (κ1) is 15.1. The molecule has 0 aliphatic carbocycles. The van der Waals surface area contributed by atoms with Gasteiger partial charge in [0.05, 0.1) is 6.54 Å². The molecule has 0 aliphatic heterocycles. The van der Waals surface area contributed by atoms with Crippen LogP contribution >= 0.6 is 11.3 Å². The van der Waals surface area contributed by atoms with Gasteiger partial charge in [-0.1, -0.05) is 24.3 Å². The molecule has 0 radical (unpaired) electrons. The summed E-state index contributed by atoms with van der Waals surface area (Å²) in [6.45, 7) is 2.12. The fraction of sp³-hybridized carbons (Fsp3) is 0.200. The second kappa shape index (κ2) is 7.44. The van der Waals surface area contributed by atoms with E-state index in [9.17, 15) is 9.59 Å². The minimum atomic E-state index is -0.603. The maximum absolute atomic E-state index is 11.9. The molecule has 110 valence electrons. The molecule has 2 aromatic rings. The first-order chi connectivity index (χ1) is 10.1. The Bertz CT molecular complexity index is 584. The van der Waals surface area contributed by atoms with E-state index in [0.29, 0.717) is 12.2 Å². The highest BCUT2D eigenvalue weighted by atomic mass is 32.1. The first-order valence-electron chi connectivity index (χ1n) is 6.58. The summed E-state index contributed by atoms with van der Waals surface area (Å²) in [6.07, 6.45) is 0. The second-order valence-corrected chi connectivity index (χ2v) is 5.52. The fourth-order valence-corrected chi connectivity index (χ4v) is 2.34. The number of para-hydroxylation sites is 1. The SMILES string of the molecule is C[C@@H](NC(=O)Nc1ccccc1)C(=O)NCc1cccs1. The summed E-state index contributed by atoms with van der Waals surface area (Å²) in [4.78, 5) is 24.7. The molecule has 2 rings (SSSR count).